The molecule has 3 rings (SSSR count). The van der Waals surface area contributed by atoms with Gasteiger partial charge in [-0.1, -0.05) is 45.0 Å². The van der Waals surface area contributed by atoms with Crippen LogP contribution in [-0.2, 0) is 10.2 Å². The fraction of sp³-hybridized carbons (Fsp3) is 0.650. The van der Waals surface area contributed by atoms with Crippen LogP contribution in [0.5, 0.6) is 0 Å². The molecule has 0 radical (unpaired) electrons. The summed E-state index contributed by atoms with van der Waals surface area (Å²) in [4.78, 5) is 14.8. The van der Waals surface area contributed by atoms with Crippen molar-refractivity contribution in [1.82, 2.24) is 4.90 Å². The Morgan fingerprint density at radius 2 is 1.77 bits per heavy atom. The van der Waals surface area contributed by atoms with Gasteiger partial charge in [-0.25, -0.2) is 0 Å². The van der Waals surface area contributed by atoms with Gasteiger partial charge >= 0.3 is 0 Å². The molecule has 0 spiro atoms. The fourth-order valence-electron chi connectivity index (χ4n) is 4.59. The van der Waals surface area contributed by atoms with Gasteiger partial charge < -0.3 is 0 Å². The van der Waals surface area contributed by atoms with E-state index in [2.05, 4.69) is 57.0 Å². The first-order valence-electron chi connectivity index (χ1n) is 8.62. The summed E-state index contributed by atoms with van der Waals surface area (Å²) in [5, 5.41) is 0. The second kappa shape index (κ2) is 5.49. The molecule has 2 aliphatic rings. The van der Waals surface area contributed by atoms with Crippen LogP contribution in [-0.4, -0.2) is 29.8 Å². The number of ketones is 1. The Morgan fingerprint density at radius 3 is 2.32 bits per heavy atom. The van der Waals surface area contributed by atoms with Crippen LogP contribution in [0.2, 0.25) is 0 Å². The van der Waals surface area contributed by atoms with E-state index in [1.807, 2.05) is 0 Å². The number of carbonyl (C=O) groups is 1. The Morgan fingerprint density at radius 1 is 1.14 bits per heavy atom. The van der Waals surface area contributed by atoms with Gasteiger partial charge in [-0.05, 0) is 55.7 Å². The molecular formula is C20H29NO. The zero-order chi connectivity index (χ0) is 16.1. The van der Waals surface area contributed by atoms with E-state index in [0.717, 1.165) is 6.42 Å². The highest BCUT2D eigenvalue weighted by Crippen LogP contribution is 2.46. The highest BCUT2D eigenvalue weighted by atomic mass is 16.1. The first-order chi connectivity index (χ1) is 10.3. The smallest absolute Gasteiger partial charge is 0.135 e. The fourth-order valence-corrected chi connectivity index (χ4v) is 4.59. The average Bonchev–Trinajstić information content (AvgIpc) is 2.70. The van der Waals surface area contributed by atoms with Gasteiger partial charge in [0.15, 0.2) is 0 Å². The van der Waals surface area contributed by atoms with Crippen molar-refractivity contribution in [3.63, 3.8) is 0 Å². The van der Waals surface area contributed by atoms with Crippen LogP contribution in [0.25, 0.3) is 0 Å². The van der Waals surface area contributed by atoms with Crippen molar-refractivity contribution in [2.24, 2.45) is 5.92 Å². The molecule has 22 heavy (non-hydrogen) atoms. The van der Waals surface area contributed by atoms with E-state index < -0.39 is 0 Å². The lowest BCUT2D eigenvalue weighted by Crippen LogP contribution is -2.48. The minimum absolute atomic E-state index is 0.171. The van der Waals surface area contributed by atoms with Crippen molar-refractivity contribution in [3.05, 3.63) is 35.4 Å². The Hall–Kier alpha value is -1.15. The van der Waals surface area contributed by atoms with Crippen LogP contribution in [0.3, 0.4) is 0 Å². The molecule has 120 valence electrons. The van der Waals surface area contributed by atoms with Crippen molar-refractivity contribution < 1.29 is 4.79 Å². The van der Waals surface area contributed by atoms with Crippen LogP contribution in [0.15, 0.2) is 24.3 Å². The van der Waals surface area contributed by atoms with Crippen LogP contribution in [0, 0.1) is 5.92 Å². The second-order valence-electron chi connectivity index (χ2n) is 8.31. The Balaban J connectivity index is 1.91. The number of benzene rings is 1. The number of rotatable bonds is 2. The average molecular weight is 299 g/mol. The van der Waals surface area contributed by atoms with Crippen LogP contribution in [0.4, 0.5) is 0 Å². The molecule has 1 aromatic carbocycles. The molecule has 2 heteroatoms. The maximum absolute atomic E-state index is 12.3. The van der Waals surface area contributed by atoms with Crippen molar-refractivity contribution >= 4 is 5.78 Å². The lowest BCUT2D eigenvalue weighted by atomic mass is 9.74. The summed E-state index contributed by atoms with van der Waals surface area (Å²) >= 11 is 0. The quantitative estimate of drug-likeness (QED) is 0.818. The highest BCUT2D eigenvalue weighted by molar-refractivity contribution is 5.80. The first-order valence-corrected chi connectivity index (χ1v) is 8.62. The molecular weight excluding hydrogens is 270 g/mol. The summed E-state index contributed by atoms with van der Waals surface area (Å²) in [6.45, 7) is 8.52. The zero-order valence-electron chi connectivity index (χ0n) is 14.6. The van der Waals surface area contributed by atoms with E-state index >= 15 is 0 Å². The first kappa shape index (κ1) is 15.7. The molecule has 2 fully saturated rings. The maximum atomic E-state index is 12.3. The van der Waals surface area contributed by atoms with Crippen molar-refractivity contribution in [3.8, 4) is 0 Å². The highest BCUT2D eigenvalue weighted by Gasteiger charge is 2.47. The molecule has 0 amide bonds. The van der Waals surface area contributed by atoms with Gasteiger partial charge in [0.2, 0.25) is 0 Å². The summed E-state index contributed by atoms with van der Waals surface area (Å²) in [6.07, 6.45) is 3.57. The third kappa shape index (κ3) is 2.62. The largest absolute Gasteiger partial charge is 0.300 e. The molecule has 2 nitrogen and oxygen atoms in total. The summed E-state index contributed by atoms with van der Waals surface area (Å²) in [7, 11) is 2.21. The molecule has 2 bridgehead atoms. The van der Waals surface area contributed by atoms with E-state index in [4.69, 9.17) is 0 Å². The monoisotopic (exact) mass is 299 g/mol. The van der Waals surface area contributed by atoms with E-state index in [9.17, 15) is 4.79 Å². The van der Waals surface area contributed by atoms with E-state index in [-0.39, 0.29) is 11.3 Å². The number of fused-ring (bicyclic) bond motifs is 2. The number of hydrogen-bond acceptors (Lipinski definition) is 2. The number of nitrogens with zero attached hydrogens (tertiary/aromatic N) is 1. The predicted octanol–water partition coefficient (Wildman–Crippen LogP) is 4.14. The van der Waals surface area contributed by atoms with Gasteiger partial charge in [-0.15, -0.1) is 0 Å². The zero-order valence-corrected chi connectivity index (χ0v) is 14.6. The van der Waals surface area contributed by atoms with Crippen LogP contribution >= 0.6 is 0 Å². The lowest BCUT2D eigenvalue weighted by molar-refractivity contribution is -0.124. The molecule has 0 N–H and O–H groups in total. The SMILES string of the molecule is CC(=O)[C@H]1[C@@H](c2ccc(C(C)(C)C)cc2)C[C@@H]2CC[C@H]1N2C. The minimum atomic E-state index is 0.171. The number of Topliss-reactive ketones (excluding diaryl/α,β-unsaturated/α-hetero) is 1. The van der Waals surface area contributed by atoms with Gasteiger partial charge in [-0.2, -0.15) is 0 Å². The minimum Gasteiger partial charge on any atom is -0.300 e. The topological polar surface area (TPSA) is 20.3 Å². The molecule has 2 saturated heterocycles. The molecule has 1 aromatic rings. The van der Waals surface area contributed by atoms with Gasteiger partial charge in [0.1, 0.15) is 5.78 Å². The Kier molecular flexibility index (Phi) is 3.92. The summed E-state index contributed by atoms with van der Waals surface area (Å²) in [6, 6.07) is 10.2. The predicted molar refractivity (Wildman–Crippen MR) is 91.2 cm³/mol. The third-order valence-corrected chi connectivity index (χ3v) is 5.94. The number of piperidine rings is 1. The van der Waals surface area contributed by atoms with E-state index in [0.29, 0.717) is 23.8 Å². The molecule has 4 atom stereocenters. The Labute approximate surface area is 134 Å². The standard InChI is InChI=1S/C20H29NO/c1-13(22)19-17(12-16-10-11-18(19)21(16)5)14-6-8-15(9-7-14)20(2,3)4/h6-9,16-19H,10-12H2,1-5H3/t16-,17+,18+,19-/m0/s1. The normalized spacial score (nSPS) is 32.2. The molecule has 2 heterocycles. The maximum Gasteiger partial charge on any atom is 0.135 e. The van der Waals surface area contributed by atoms with Crippen LogP contribution < -0.4 is 0 Å². The molecule has 0 aliphatic carbocycles. The number of hydrogen-bond donors (Lipinski definition) is 0. The summed E-state index contributed by atoms with van der Waals surface area (Å²) in [5.74, 6) is 0.937. The van der Waals surface area contributed by atoms with Gasteiger partial charge in [0, 0.05) is 18.0 Å². The molecule has 0 saturated carbocycles. The van der Waals surface area contributed by atoms with Crippen molar-refractivity contribution in [2.45, 2.75) is 70.4 Å². The number of carbonyl (C=O) groups excluding carboxylic acids is 1. The third-order valence-electron chi connectivity index (χ3n) is 5.94. The van der Waals surface area contributed by atoms with Crippen LogP contribution in [0.1, 0.15) is 64.0 Å². The van der Waals surface area contributed by atoms with E-state index in [1.165, 1.54) is 24.0 Å². The summed E-state index contributed by atoms with van der Waals surface area (Å²) < 4.78 is 0. The lowest BCUT2D eigenvalue weighted by Gasteiger charge is -2.42. The second-order valence-corrected chi connectivity index (χ2v) is 8.31. The molecule has 0 unspecified atom stereocenters. The van der Waals surface area contributed by atoms with Gasteiger partial charge in [-0.3, -0.25) is 9.69 Å². The Bertz CT molecular complexity index is 554. The molecule has 0 aromatic heterocycles. The van der Waals surface area contributed by atoms with Gasteiger partial charge in [0.05, 0.1) is 0 Å². The van der Waals surface area contributed by atoms with Gasteiger partial charge in [0.25, 0.3) is 0 Å². The van der Waals surface area contributed by atoms with E-state index in [1.54, 1.807) is 6.92 Å². The molecule has 2 aliphatic heterocycles. The van der Waals surface area contributed by atoms with Crippen molar-refractivity contribution in [2.75, 3.05) is 7.05 Å². The summed E-state index contributed by atoms with van der Waals surface area (Å²) in [5.41, 5.74) is 2.91. The van der Waals surface area contributed by atoms with Crippen molar-refractivity contribution in [1.29, 1.82) is 0 Å².